The number of ether oxygens (including phenoxy) is 1. The van der Waals surface area contributed by atoms with Crippen molar-refractivity contribution in [1.82, 2.24) is 30.0 Å². The van der Waals surface area contributed by atoms with Crippen LogP contribution in [0.4, 0.5) is 10.6 Å². The van der Waals surface area contributed by atoms with Crippen molar-refractivity contribution < 1.29 is 14.1 Å². The van der Waals surface area contributed by atoms with Gasteiger partial charge < -0.3 is 14.6 Å². The number of benzene rings is 2. The van der Waals surface area contributed by atoms with Gasteiger partial charge in [-0.2, -0.15) is 10.2 Å². The van der Waals surface area contributed by atoms with Gasteiger partial charge in [-0.3, -0.25) is 10.00 Å². The number of rotatable bonds is 7. The van der Waals surface area contributed by atoms with Crippen molar-refractivity contribution in [1.29, 1.82) is 0 Å². The third-order valence-corrected chi connectivity index (χ3v) is 7.10. The number of nitrogens with zero attached hydrogens (tertiary/aromatic N) is 5. The Morgan fingerprint density at radius 1 is 1.05 bits per heavy atom. The van der Waals surface area contributed by atoms with E-state index in [1.807, 2.05) is 68.7 Å². The molecule has 2 N–H and O–H groups in total. The number of amides is 2. The number of carbonyl (C=O) groups is 1. The molecule has 1 aliphatic rings. The third-order valence-electron chi connectivity index (χ3n) is 7.10. The second-order valence-corrected chi connectivity index (χ2v) is 9.74. The molecule has 0 spiro atoms. The number of carbonyl (C=O) groups excluding carboxylic acids is 1. The summed E-state index contributed by atoms with van der Waals surface area (Å²) in [6.45, 7) is 1.95. The molecule has 3 heterocycles. The van der Waals surface area contributed by atoms with E-state index in [0.29, 0.717) is 18.1 Å². The predicted molar refractivity (Wildman–Crippen MR) is 146 cm³/mol. The summed E-state index contributed by atoms with van der Waals surface area (Å²) >= 11 is 0. The van der Waals surface area contributed by atoms with E-state index in [9.17, 15) is 4.79 Å². The van der Waals surface area contributed by atoms with Crippen LogP contribution in [0.2, 0.25) is 0 Å². The summed E-state index contributed by atoms with van der Waals surface area (Å²) < 4.78 is 14.5. The average Bonchev–Trinajstić information content (AvgIpc) is 3.75. The second kappa shape index (κ2) is 10.5. The first-order valence-corrected chi connectivity index (χ1v) is 12.9. The Hall–Kier alpha value is -4.86. The Bertz CT molecular complexity index is 1540. The zero-order chi connectivity index (χ0) is 26.8. The quantitative estimate of drug-likeness (QED) is 0.308. The van der Waals surface area contributed by atoms with Crippen molar-refractivity contribution in [3.63, 3.8) is 0 Å². The monoisotopic (exact) mass is 523 g/mol. The molecule has 39 heavy (non-hydrogen) atoms. The molecular formula is C29H29N7O3. The molecule has 0 bridgehead atoms. The van der Waals surface area contributed by atoms with Crippen molar-refractivity contribution in [2.75, 3.05) is 5.32 Å². The lowest BCUT2D eigenvalue weighted by Gasteiger charge is -2.21. The van der Waals surface area contributed by atoms with E-state index in [1.54, 1.807) is 21.6 Å². The highest BCUT2D eigenvalue weighted by Gasteiger charge is 2.38. The molecule has 3 aromatic heterocycles. The summed E-state index contributed by atoms with van der Waals surface area (Å²) in [5.74, 6) is 1.13. The molecule has 1 aliphatic carbocycles. The van der Waals surface area contributed by atoms with E-state index in [4.69, 9.17) is 14.4 Å². The van der Waals surface area contributed by atoms with Gasteiger partial charge in [0.2, 0.25) is 0 Å². The van der Waals surface area contributed by atoms with Crippen molar-refractivity contribution in [2.45, 2.75) is 37.8 Å². The lowest BCUT2D eigenvalue weighted by Crippen LogP contribution is -2.40. The highest BCUT2D eigenvalue weighted by Crippen LogP contribution is 2.37. The van der Waals surface area contributed by atoms with Gasteiger partial charge in [-0.05, 0) is 36.2 Å². The Kier molecular flexibility index (Phi) is 6.58. The zero-order valence-corrected chi connectivity index (χ0v) is 21.7. The average molecular weight is 524 g/mol. The lowest BCUT2D eigenvalue weighted by molar-refractivity contribution is 0.186. The summed E-state index contributed by atoms with van der Waals surface area (Å²) in [5, 5.41) is 19.3. The highest BCUT2D eigenvalue weighted by molar-refractivity contribution is 5.91. The Morgan fingerprint density at radius 2 is 1.82 bits per heavy atom. The van der Waals surface area contributed by atoms with E-state index >= 15 is 0 Å². The largest absolute Gasteiger partial charge is 0.472 e. The number of hydrogen-bond acceptors (Lipinski definition) is 6. The minimum Gasteiger partial charge on any atom is -0.472 e. The van der Waals surface area contributed by atoms with Crippen LogP contribution in [0.15, 0.2) is 89.9 Å². The molecule has 5 aromatic rings. The second-order valence-electron chi connectivity index (χ2n) is 9.74. The van der Waals surface area contributed by atoms with Gasteiger partial charge in [-0.1, -0.05) is 48.5 Å². The first-order valence-electron chi connectivity index (χ1n) is 12.9. The van der Waals surface area contributed by atoms with E-state index in [1.165, 1.54) is 6.26 Å². The molecule has 6 rings (SSSR count). The molecule has 0 unspecified atom stereocenters. The van der Waals surface area contributed by atoms with Crippen molar-refractivity contribution >= 4 is 11.8 Å². The minimum atomic E-state index is -0.305. The number of aryl methyl sites for hydroxylation is 1. The molecule has 10 nitrogen and oxygen atoms in total. The van der Waals surface area contributed by atoms with Crippen molar-refractivity contribution in [2.24, 2.45) is 7.05 Å². The number of anilines is 1. The summed E-state index contributed by atoms with van der Waals surface area (Å²) in [6.07, 6.45) is 6.43. The molecule has 0 radical (unpaired) electrons. The predicted octanol–water partition coefficient (Wildman–Crippen LogP) is 5.08. The van der Waals surface area contributed by atoms with Gasteiger partial charge in [0.25, 0.3) is 5.88 Å². The molecule has 0 aliphatic heterocycles. The smallest absolute Gasteiger partial charge is 0.320 e. The molecule has 198 valence electrons. The standard InChI is InChI=1S/C29H29N7O3/c1-19-27(21-17-30-35(2)18-21)33-36(22-11-7-4-8-12-22)28(19)32-29(37)31-25-16-23(39-26-13-14-38-34-26)15-24(25)20-9-5-3-6-10-20/h3-14,17-18,23-25H,15-16H2,1-2H3,(H2,31,32,37)/t23-,24-,25+/m0/s1. The topological polar surface area (TPSA) is 112 Å². The van der Waals surface area contributed by atoms with Crippen LogP contribution in [0.1, 0.15) is 29.9 Å². The van der Waals surface area contributed by atoms with E-state index in [-0.39, 0.29) is 24.1 Å². The number of urea groups is 1. The number of nitrogens with one attached hydrogen (secondary N) is 2. The number of hydrogen-bond donors (Lipinski definition) is 2. The van der Waals surface area contributed by atoms with Crippen molar-refractivity contribution in [3.05, 3.63) is 96.5 Å². The molecule has 10 heteroatoms. The Labute approximate surface area is 225 Å². The number of para-hydroxylation sites is 1. The fraction of sp³-hybridized carbons (Fsp3) is 0.241. The summed E-state index contributed by atoms with van der Waals surface area (Å²) in [7, 11) is 1.87. The van der Waals surface area contributed by atoms with Crippen LogP contribution in [0.3, 0.4) is 0 Å². The van der Waals surface area contributed by atoms with Gasteiger partial charge in [0, 0.05) is 48.8 Å². The SMILES string of the molecule is Cc1c(-c2cnn(C)c2)nn(-c2ccccc2)c1NC(=O)N[C@@H]1C[C@@H](Oc2ccon2)C[C@H]1c1ccccc1. The first-order chi connectivity index (χ1) is 19.0. The number of aromatic nitrogens is 5. The molecule has 1 fully saturated rings. The van der Waals surface area contributed by atoms with Gasteiger partial charge >= 0.3 is 6.03 Å². The van der Waals surface area contributed by atoms with Gasteiger partial charge in [-0.15, -0.1) is 0 Å². The van der Waals surface area contributed by atoms with Crippen LogP contribution in [0.5, 0.6) is 5.88 Å². The van der Waals surface area contributed by atoms with E-state index in [2.05, 4.69) is 33.0 Å². The maximum absolute atomic E-state index is 13.5. The fourth-order valence-electron chi connectivity index (χ4n) is 5.28. The van der Waals surface area contributed by atoms with E-state index < -0.39 is 0 Å². The Balaban J connectivity index is 1.26. The Morgan fingerprint density at radius 3 is 2.51 bits per heavy atom. The molecular weight excluding hydrogens is 494 g/mol. The molecule has 2 aromatic carbocycles. The summed E-state index contributed by atoms with van der Waals surface area (Å²) in [5.41, 5.74) is 4.47. The molecule has 2 amide bonds. The van der Waals surface area contributed by atoms with Crippen LogP contribution in [-0.4, -0.2) is 42.9 Å². The maximum atomic E-state index is 13.5. The fourth-order valence-corrected chi connectivity index (χ4v) is 5.28. The van der Waals surface area contributed by atoms with Crippen LogP contribution >= 0.6 is 0 Å². The minimum absolute atomic E-state index is 0.0833. The normalized spacial score (nSPS) is 18.7. The molecule has 0 saturated heterocycles. The lowest BCUT2D eigenvalue weighted by atomic mass is 9.94. The van der Waals surface area contributed by atoms with E-state index in [0.717, 1.165) is 34.5 Å². The van der Waals surface area contributed by atoms with Gasteiger partial charge in [0.05, 0.1) is 11.9 Å². The van der Waals surface area contributed by atoms with Crippen LogP contribution in [0, 0.1) is 6.92 Å². The molecule has 3 atom stereocenters. The zero-order valence-electron chi connectivity index (χ0n) is 21.7. The highest BCUT2D eigenvalue weighted by atomic mass is 16.5. The first kappa shape index (κ1) is 24.5. The van der Waals surface area contributed by atoms with Crippen molar-refractivity contribution in [3.8, 4) is 22.8 Å². The van der Waals surface area contributed by atoms with Crippen LogP contribution in [0.25, 0.3) is 16.9 Å². The van der Waals surface area contributed by atoms with Gasteiger partial charge in [-0.25, -0.2) is 9.48 Å². The summed E-state index contributed by atoms with van der Waals surface area (Å²) in [6, 6.07) is 21.2. The van der Waals surface area contributed by atoms with Gasteiger partial charge in [0.15, 0.2) is 0 Å². The third kappa shape index (κ3) is 5.13. The molecule has 1 saturated carbocycles. The van der Waals surface area contributed by atoms with Crippen LogP contribution < -0.4 is 15.4 Å². The summed E-state index contributed by atoms with van der Waals surface area (Å²) in [4.78, 5) is 13.5. The van der Waals surface area contributed by atoms with Gasteiger partial charge in [0.1, 0.15) is 23.9 Å². The van der Waals surface area contributed by atoms with Crippen LogP contribution in [-0.2, 0) is 7.05 Å². The maximum Gasteiger partial charge on any atom is 0.320 e.